The minimum absolute atomic E-state index is 0.516. The van der Waals surface area contributed by atoms with Gasteiger partial charge in [-0.25, -0.2) is 0 Å². The van der Waals surface area contributed by atoms with Gasteiger partial charge < -0.3 is 0 Å². The second-order valence-electron chi connectivity index (χ2n) is 4.19. The second-order valence-corrected chi connectivity index (χ2v) is 4.19. The maximum absolute atomic E-state index is 11.4. The topological polar surface area (TPSA) is 17.1 Å². The first-order valence-electron chi connectivity index (χ1n) is 4.40. The summed E-state index contributed by atoms with van der Waals surface area (Å²) < 4.78 is 0. The lowest BCUT2D eigenvalue weighted by Gasteiger charge is -2.14. The van der Waals surface area contributed by atoms with Crippen molar-refractivity contribution in [1.29, 1.82) is 0 Å². The standard InChI is InChI=1S/C9H12O/c10-9-7-3-5-1-2-6(4-7)8(5)9/h5-8H,1-4H2/t5-,6+,7?,8?. The van der Waals surface area contributed by atoms with Crippen molar-refractivity contribution in [1.82, 2.24) is 0 Å². The van der Waals surface area contributed by atoms with E-state index in [4.69, 9.17) is 0 Å². The van der Waals surface area contributed by atoms with Gasteiger partial charge in [0, 0.05) is 11.8 Å². The number of Topliss-reactive ketones (excluding diaryl/α,β-unsaturated/α-hetero) is 1. The molecule has 0 saturated heterocycles. The highest BCUT2D eigenvalue weighted by molar-refractivity contribution is 5.88. The van der Waals surface area contributed by atoms with Gasteiger partial charge in [0.25, 0.3) is 0 Å². The number of rotatable bonds is 0. The fraction of sp³-hybridized carbons (Fsp3) is 0.889. The number of ketones is 1. The van der Waals surface area contributed by atoms with Crippen LogP contribution < -0.4 is 0 Å². The fourth-order valence-corrected chi connectivity index (χ4v) is 3.50. The summed E-state index contributed by atoms with van der Waals surface area (Å²) in [5.41, 5.74) is 0. The van der Waals surface area contributed by atoms with E-state index in [-0.39, 0.29) is 0 Å². The van der Waals surface area contributed by atoms with Gasteiger partial charge in [0.2, 0.25) is 0 Å². The number of hydrogen-bond acceptors (Lipinski definition) is 1. The van der Waals surface area contributed by atoms with Crippen molar-refractivity contribution in [3.8, 4) is 0 Å². The van der Waals surface area contributed by atoms with E-state index in [2.05, 4.69) is 0 Å². The van der Waals surface area contributed by atoms with Gasteiger partial charge in [0.05, 0.1) is 0 Å². The predicted octanol–water partition coefficient (Wildman–Crippen LogP) is 1.62. The zero-order valence-electron chi connectivity index (χ0n) is 6.05. The van der Waals surface area contributed by atoms with Gasteiger partial charge >= 0.3 is 0 Å². The van der Waals surface area contributed by atoms with Crippen molar-refractivity contribution < 1.29 is 4.79 Å². The molecule has 3 fully saturated rings. The number of carbonyl (C=O) groups excluding carboxylic acids is 1. The number of hydrogen-bond donors (Lipinski definition) is 0. The van der Waals surface area contributed by atoms with E-state index in [1.54, 1.807) is 0 Å². The summed E-state index contributed by atoms with van der Waals surface area (Å²) in [5, 5.41) is 0. The summed E-state index contributed by atoms with van der Waals surface area (Å²) in [6.07, 6.45) is 5.22. The van der Waals surface area contributed by atoms with Crippen molar-refractivity contribution in [2.75, 3.05) is 0 Å². The van der Waals surface area contributed by atoms with E-state index >= 15 is 0 Å². The summed E-state index contributed by atoms with van der Waals surface area (Å²) in [6, 6.07) is 0. The van der Waals surface area contributed by atoms with Crippen LogP contribution in [0.15, 0.2) is 0 Å². The molecule has 0 radical (unpaired) electrons. The molecule has 0 heterocycles. The monoisotopic (exact) mass is 136 g/mol. The zero-order valence-corrected chi connectivity index (χ0v) is 6.05. The molecule has 0 aromatic carbocycles. The lowest BCUT2D eigenvalue weighted by molar-refractivity contribution is -0.121. The summed E-state index contributed by atoms with van der Waals surface area (Å²) in [5.74, 6) is 3.35. The molecule has 0 aliphatic heterocycles. The molecular formula is C9H12O. The summed E-state index contributed by atoms with van der Waals surface area (Å²) in [6.45, 7) is 0. The first-order valence-corrected chi connectivity index (χ1v) is 4.40. The second kappa shape index (κ2) is 1.46. The van der Waals surface area contributed by atoms with Crippen molar-refractivity contribution in [3.05, 3.63) is 0 Å². The van der Waals surface area contributed by atoms with Gasteiger partial charge in [0.15, 0.2) is 0 Å². The Bertz CT molecular complexity index is 183. The van der Waals surface area contributed by atoms with E-state index in [1.165, 1.54) is 25.7 Å². The molecule has 0 spiro atoms. The van der Waals surface area contributed by atoms with E-state index in [9.17, 15) is 4.79 Å². The van der Waals surface area contributed by atoms with Gasteiger partial charge in [-0.1, -0.05) is 0 Å². The van der Waals surface area contributed by atoms with Crippen LogP contribution in [-0.2, 0) is 4.79 Å². The molecule has 3 rings (SSSR count). The van der Waals surface area contributed by atoms with Crippen molar-refractivity contribution in [3.63, 3.8) is 0 Å². The van der Waals surface area contributed by atoms with E-state index in [1.807, 2.05) is 0 Å². The molecule has 3 aliphatic rings. The average molecular weight is 136 g/mol. The molecule has 0 N–H and O–H groups in total. The van der Waals surface area contributed by atoms with Crippen molar-refractivity contribution in [2.24, 2.45) is 23.7 Å². The highest BCUT2D eigenvalue weighted by Crippen LogP contribution is 2.57. The minimum Gasteiger partial charge on any atom is -0.299 e. The molecule has 2 bridgehead atoms. The van der Waals surface area contributed by atoms with Gasteiger partial charge in [-0.3, -0.25) is 4.79 Å². The molecule has 0 aromatic rings. The minimum atomic E-state index is 0.516. The lowest BCUT2D eigenvalue weighted by Crippen LogP contribution is -2.11. The molecule has 3 aliphatic carbocycles. The summed E-state index contributed by atoms with van der Waals surface area (Å²) >= 11 is 0. The van der Waals surface area contributed by atoms with Gasteiger partial charge in [-0.2, -0.15) is 0 Å². The Kier molecular flexibility index (Phi) is 0.781. The Balaban J connectivity index is 2.09. The van der Waals surface area contributed by atoms with Gasteiger partial charge in [0.1, 0.15) is 5.78 Å². The molecule has 0 amide bonds. The maximum Gasteiger partial charge on any atom is 0.139 e. The number of fused-ring (bicyclic) bond motifs is 1. The Morgan fingerprint density at radius 1 is 1.10 bits per heavy atom. The first kappa shape index (κ1) is 5.34. The smallest absolute Gasteiger partial charge is 0.139 e. The van der Waals surface area contributed by atoms with Gasteiger partial charge in [-0.15, -0.1) is 0 Å². The molecule has 54 valence electrons. The normalized spacial score (nSPS) is 56.6. The highest BCUT2D eigenvalue weighted by Gasteiger charge is 2.55. The van der Waals surface area contributed by atoms with Crippen LogP contribution in [0.3, 0.4) is 0 Å². The SMILES string of the molecule is O=C1C2C[C@H]3CC[C@@H](C2)C13. The van der Waals surface area contributed by atoms with E-state index in [0.717, 1.165) is 11.8 Å². The van der Waals surface area contributed by atoms with E-state index in [0.29, 0.717) is 17.6 Å². The predicted molar refractivity (Wildman–Crippen MR) is 37.4 cm³/mol. The zero-order chi connectivity index (χ0) is 6.72. The highest BCUT2D eigenvalue weighted by atomic mass is 16.1. The van der Waals surface area contributed by atoms with Crippen LogP contribution in [0.4, 0.5) is 0 Å². The fourth-order valence-electron chi connectivity index (χ4n) is 3.50. The van der Waals surface area contributed by atoms with Crippen LogP contribution in [0, 0.1) is 23.7 Å². The lowest BCUT2D eigenvalue weighted by atomic mass is 9.89. The van der Waals surface area contributed by atoms with Crippen LogP contribution in [-0.4, -0.2) is 5.78 Å². The van der Waals surface area contributed by atoms with Crippen molar-refractivity contribution >= 4 is 5.78 Å². The molecule has 1 heteroatoms. The third kappa shape index (κ3) is 0.415. The van der Waals surface area contributed by atoms with Crippen LogP contribution in [0.2, 0.25) is 0 Å². The Labute approximate surface area is 60.8 Å². The number of carbonyl (C=O) groups is 1. The molecule has 10 heavy (non-hydrogen) atoms. The maximum atomic E-state index is 11.4. The third-order valence-corrected chi connectivity index (χ3v) is 3.83. The summed E-state index contributed by atoms with van der Waals surface area (Å²) in [4.78, 5) is 11.4. The molecule has 2 unspecified atom stereocenters. The van der Waals surface area contributed by atoms with Gasteiger partial charge in [-0.05, 0) is 37.5 Å². The quantitative estimate of drug-likeness (QED) is 0.494. The Morgan fingerprint density at radius 3 is 2.10 bits per heavy atom. The molecule has 1 nitrogen and oxygen atoms in total. The van der Waals surface area contributed by atoms with Crippen LogP contribution in [0.5, 0.6) is 0 Å². The first-order chi connectivity index (χ1) is 4.86. The Hall–Kier alpha value is -0.330. The average Bonchev–Trinajstić information content (AvgIpc) is 2.44. The molecule has 4 atom stereocenters. The Morgan fingerprint density at radius 2 is 1.70 bits per heavy atom. The van der Waals surface area contributed by atoms with Crippen LogP contribution >= 0.6 is 0 Å². The van der Waals surface area contributed by atoms with Crippen LogP contribution in [0.25, 0.3) is 0 Å². The summed E-state index contributed by atoms with van der Waals surface area (Å²) in [7, 11) is 0. The largest absolute Gasteiger partial charge is 0.299 e. The van der Waals surface area contributed by atoms with Crippen LogP contribution in [0.1, 0.15) is 25.7 Å². The third-order valence-electron chi connectivity index (χ3n) is 3.83. The van der Waals surface area contributed by atoms with E-state index < -0.39 is 0 Å². The molecule has 0 aromatic heterocycles. The molecule has 3 saturated carbocycles. The van der Waals surface area contributed by atoms with Crippen molar-refractivity contribution in [2.45, 2.75) is 25.7 Å². The molecular weight excluding hydrogens is 124 g/mol.